The highest BCUT2D eigenvalue weighted by molar-refractivity contribution is 7.10. The maximum absolute atomic E-state index is 5.00. The lowest BCUT2D eigenvalue weighted by Gasteiger charge is -2.06. The number of hydrogen-bond acceptors (Lipinski definition) is 5. The van der Waals surface area contributed by atoms with E-state index in [1.165, 1.54) is 10.4 Å². The van der Waals surface area contributed by atoms with E-state index >= 15 is 0 Å². The van der Waals surface area contributed by atoms with Gasteiger partial charge >= 0.3 is 0 Å². The highest BCUT2D eigenvalue weighted by Crippen LogP contribution is 2.16. The van der Waals surface area contributed by atoms with Gasteiger partial charge in [-0.15, -0.1) is 11.3 Å². The zero-order valence-electron chi connectivity index (χ0n) is 9.93. The number of anilines is 1. The van der Waals surface area contributed by atoms with E-state index in [1.807, 2.05) is 6.07 Å². The molecule has 0 aliphatic rings. The molecule has 0 unspecified atom stereocenters. The first-order chi connectivity index (χ1) is 8.29. The number of rotatable bonds is 5. The predicted octanol–water partition coefficient (Wildman–Crippen LogP) is 2.61. The van der Waals surface area contributed by atoms with Crippen LogP contribution in [-0.4, -0.2) is 17.1 Å². The van der Waals surface area contributed by atoms with Gasteiger partial charge in [-0.2, -0.15) is 0 Å². The van der Waals surface area contributed by atoms with E-state index in [1.54, 1.807) is 24.6 Å². The SMILES string of the molecule is COCc1nccc(NCc2sccc2C)n1. The molecule has 0 spiro atoms. The Labute approximate surface area is 105 Å². The Balaban J connectivity index is 1.99. The van der Waals surface area contributed by atoms with Crippen LogP contribution < -0.4 is 5.32 Å². The van der Waals surface area contributed by atoms with Crippen LogP contribution in [0, 0.1) is 6.92 Å². The summed E-state index contributed by atoms with van der Waals surface area (Å²) in [6.45, 7) is 3.35. The van der Waals surface area contributed by atoms with Crippen LogP contribution in [0.25, 0.3) is 0 Å². The van der Waals surface area contributed by atoms with Crippen LogP contribution in [-0.2, 0) is 17.9 Å². The van der Waals surface area contributed by atoms with Crippen molar-refractivity contribution in [2.75, 3.05) is 12.4 Å². The van der Waals surface area contributed by atoms with Crippen molar-refractivity contribution in [3.05, 3.63) is 40.0 Å². The summed E-state index contributed by atoms with van der Waals surface area (Å²) in [5, 5.41) is 5.39. The molecule has 2 aromatic heterocycles. The Kier molecular flexibility index (Phi) is 4.06. The lowest BCUT2D eigenvalue weighted by atomic mass is 10.3. The smallest absolute Gasteiger partial charge is 0.156 e. The van der Waals surface area contributed by atoms with Crippen LogP contribution in [0.4, 0.5) is 5.82 Å². The van der Waals surface area contributed by atoms with Crippen molar-refractivity contribution in [1.29, 1.82) is 0 Å². The van der Waals surface area contributed by atoms with E-state index < -0.39 is 0 Å². The summed E-state index contributed by atoms with van der Waals surface area (Å²) >= 11 is 1.75. The van der Waals surface area contributed by atoms with E-state index in [0.717, 1.165) is 12.4 Å². The Hall–Kier alpha value is -1.46. The molecule has 0 saturated carbocycles. The minimum absolute atomic E-state index is 0.438. The molecule has 5 heteroatoms. The van der Waals surface area contributed by atoms with Gasteiger partial charge in [-0.3, -0.25) is 0 Å². The van der Waals surface area contributed by atoms with Gasteiger partial charge in [0.1, 0.15) is 12.4 Å². The predicted molar refractivity (Wildman–Crippen MR) is 69.1 cm³/mol. The van der Waals surface area contributed by atoms with Crippen molar-refractivity contribution >= 4 is 17.2 Å². The molecule has 0 aliphatic heterocycles. The number of methoxy groups -OCH3 is 1. The van der Waals surface area contributed by atoms with E-state index in [0.29, 0.717) is 12.4 Å². The third-order valence-corrected chi connectivity index (χ3v) is 3.40. The van der Waals surface area contributed by atoms with E-state index in [9.17, 15) is 0 Å². The van der Waals surface area contributed by atoms with Crippen LogP contribution in [0.2, 0.25) is 0 Å². The van der Waals surface area contributed by atoms with Crippen molar-refractivity contribution < 1.29 is 4.74 Å². The van der Waals surface area contributed by atoms with Gasteiger partial charge in [0, 0.05) is 18.2 Å². The number of ether oxygens (including phenoxy) is 1. The van der Waals surface area contributed by atoms with Crippen LogP contribution in [0.3, 0.4) is 0 Å². The van der Waals surface area contributed by atoms with Gasteiger partial charge in [0.15, 0.2) is 5.82 Å². The van der Waals surface area contributed by atoms with Gasteiger partial charge in [0.25, 0.3) is 0 Å². The van der Waals surface area contributed by atoms with Crippen LogP contribution >= 0.6 is 11.3 Å². The topological polar surface area (TPSA) is 47.0 Å². The summed E-state index contributed by atoms with van der Waals surface area (Å²) < 4.78 is 5.00. The highest BCUT2D eigenvalue weighted by Gasteiger charge is 2.01. The average Bonchev–Trinajstić information content (AvgIpc) is 2.73. The molecule has 0 amide bonds. The fraction of sp³-hybridized carbons (Fsp3) is 0.333. The standard InChI is InChI=1S/C12H15N3OS/c1-9-4-6-17-10(9)7-14-11-3-5-13-12(15-11)8-16-2/h3-6H,7-8H2,1-2H3,(H,13,14,15). The molecule has 0 bridgehead atoms. The largest absolute Gasteiger partial charge is 0.377 e. The summed E-state index contributed by atoms with van der Waals surface area (Å²) in [7, 11) is 1.64. The molecule has 90 valence electrons. The molecule has 0 radical (unpaired) electrons. The molecule has 2 rings (SSSR count). The maximum atomic E-state index is 5.00. The Morgan fingerprint density at radius 1 is 1.41 bits per heavy atom. The molecule has 1 N–H and O–H groups in total. The molecule has 0 fully saturated rings. The summed E-state index contributed by atoms with van der Waals surface area (Å²) in [4.78, 5) is 9.80. The van der Waals surface area contributed by atoms with Gasteiger partial charge in [-0.1, -0.05) is 0 Å². The molecule has 4 nitrogen and oxygen atoms in total. The molecule has 17 heavy (non-hydrogen) atoms. The van der Waals surface area contributed by atoms with Crippen molar-refractivity contribution in [1.82, 2.24) is 9.97 Å². The van der Waals surface area contributed by atoms with Gasteiger partial charge in [-0.25, -0.2) is 9.97 Å². The maximum Gasteiger partial charge on any atom is 0.156 e. The zero-order valence-corrected chi connectivity index (χ0v) is 10.8. The second-order valence-electron chi connectivity index (χ2n) is 3.67. The first-order valence-electron chi connectivity index (χ1n) is 5.37. The number of thiophene rings is 1. The number of aromatic nitrogens is 2. The Morgan fingerprint density at radius 2 is 2.29 bits per heavy atom. The third kappa shape index (κ3) is 3.25. The van der Waals surface area contributed by atoms with Crippen molar-refractivity contribution in [3.63, 3.8) is 0 Å². The fourth-order valence-corrected chi connectivity index (χ4v) is 2.30. The molecule has 2 heterocycles. The first-order valence-corrected chi connectivity index (χ1v) is 6.25. The fourth-order valence-electron chi connectivity index (χ4n) is 1.45. The molecular formula is C12H15N3OS. The molecule has 0 aliphatic carbocycles. The third-order valence-electron chi connectivity index (χ3n) is 2.38. The van der Waals surface area contributed by atoms with E-state index in [2.05, 4.69) is 33.7 Å². The number of hydrogen-bond donors (Lipinski definition) is 1. The monoisotopic (exact) mass is 249 g/mol. The van der Waals surface area contributed by atoms with E-state index in [4.69, 9.17) is 4.74 Å². The molecule has 0 aromatic carbocycles. The molecule has 2 aromatic rings. The van der Waals surface area contributed by atoms with Gasteiger partial charge in [-0.05, 0) is 30.0 Å². The first kappa shape index (κ1) is 12.0. The van der Waals surface area contributed by atoms with Gasteiger partial charge in [0.05, 0.1) is 6.54 Å². The summed E-state index contributed by atoms with van der Waals surface area (Å²) in [5.41, 5.74) is 1.31. The molecular weight excluding hydrogens is 234 g/mol. The summed E-state index contributed by atoms with van der Waals surface area (Å²) in [5.74, 6) is 1.53. The summed E-state index contributed by atoms with van der Waals surface area (Å²) in [6, 6.07) is 3.99. The Morgan fingerprint density at radius 3 is 3.00 bits per heavy atom. The van der Waals surface area contributed by atoms with Crippen molar-refractivity contribution in [2.24, 2.45) is 0 Å². The van der Waals surface area contributed by atoms with Crippen molar-refractivity contribution in [3.8, 4) is 0 Å². The lowest BCUT2D eigenvalue weighted by molar-refractivity contribution is 0.178. The second kappa shape index (κ2) is 5.75. The van der Waals surface area contributed by atoms with Crippen LogP contribution in [0.1, 0.15) is 16.3 Å². The minimum Gasteiger partial charge on any atom is -0.377 e. The zero-order chi connectivity index (χ0) is 12.1. The normalized spacial score (nSPS) is 10.5. The van der Waals surface area contributed by atoms with E-state index in [-0.39, 0.29) is 0 Å². The lowest BCUT2D eigenvalue weighted by Crippen LogP contribution is -2.04. The Bertz CT molecular complexity index is 484. The highest BCUT2D eigenvalue weighted by atomic mass is 32.1. The minimum atomic E-state index is 0.438. The van der Waals surface area contributed by atoms with Crippen LogP contribution in [0.15, 0.2) is 23.7 Å². The quantitative estimate of drug-likeness (QED) is 0.884. The summed E-state index contributed by atoms with van der Waals surface area (Å²) in [6.07, 6.45) is 1.74. The van der Waals surface area contributed by atoms with Gasteiger partial charge < -0.3 is 10.1 Å². The molecule has 0 atom stereocenters. The van der Waals surface area contributed by atoms with Crippen LogP contribution in [0.5, 0.6) is 0 Å². The number of nitrogens with one attached hydrogen (secondary N) is 1. The van der Waals surface area contributed by atoms with Gasteiger partial charge in [0.2, 0.25) is 0 Å². The number of nitrogens with zero attached hydrogens (tertiary/aromatic N) is 2. The average molecular weight is 249 g/mol. The second-order valence-corrected chi connectivity index (χ2v) is 4.67. The molecule has 0 saturated heterocycles. The number of aryl methyl sites for hydroxylation is 1. The van der Waals surface area contributed by atoms with Crippen molar-refractivity contribution in [2.45, 2.75) is 20.1 Å².